The second-order valence-electron chi connectivity index (χ2n) is 6.95. The second kappa shape index (κ2) is 9.47. The number of anilines is 4. The molecular formula is C24H22F2N2O4. The number of carbonyl (C=O) groups is 2. The van der Waals surface area contributed by atoms with Crippen molar-refractivity contribution in [2.24, 2.45) is 0 Å². The molecule has 3 rings (SSSR count). The summed E-state index contributed by atoms with van der Waals surface area (Å²) in [7, 11) is 5.73. The maximum Gasteiger partial charge on any atom is 0.340 e. The van der Waals surface area contributed by atoms with Gasteiger partial charge in [0.25, 0.3) is 0 Å². The lowest BCUT2D eigenvalue weighted by Gasteiger charge is -2.27. The highest BCUT2D eigenvalue weighted by molar-refractivity contribution is 6.04. The van der Waals surface area contributed by atoms with Gasteiger partial charge in [0.05, 0.1) is 36.7 Å². The average molecular weight is 440 g/mol. The van der Waals surface area contributed by atoms with Gasteiger partial charge >= 0.3 is 11.9 Å². The van der Waals surface area contributed by atoms with Crippen molar-refractivity contribution < 1.29 is 27.8 Å². The fraction of sp³-hybridized carbons (Fsp3) is 0.167. The van der Waals surface area contributed by atoms with Crippen molar-refractivity contribution in [2.45, 2.75) is 0 Å². The summed E-state index contributed by atoms with van der Waals surface area (Å²) < 4.78 is 37.5. The zero-order valence-electron chi connectivity index (χ0n) is 18.1. The molecule has 0 aliphatic rings. The zero-order chi connectivity index (χ0) is 23.4. The van der Waals surface area contributed by atoms with Crippen LogP contribution in [0.3, 0.4) is 0 Å². The summed E-state index contributed by atoms with van der Waals surface area (Å²) in [5, 5.41) is 0. The molecule has 0 heterocycles. The normalized spacial score (nSPS) is 10.4. The minimum Gasteiger partial charge on any atom is -0.465 e. The summed E-state index contributed by atoms with van der Waals surface area (Å²) in [4.78, 5) is 28.4. The molecule has 32 heavy (non-hydrogen) atoms. The minimum absolute atomic E-state index is 0.130. The molecule has 0 amide bonds. The Morgan fingerprint density at radius 3 is 1.38 bits per heavy atom. The minimum atomic E-state index is -0.659. The van der Waals surface area contributed by atoms with Crippen LogP contribution in [0.1, 0.15) is 20.7 Å². The highest BCUT2D eigenvalue weighted by Crippen LogP contribution is 2.36. The molecule has 0 aromatic heterocycles. The quantitative estimate of drug-likeness (QED) is 0.499. The van der Waals surface area contributed by atoms with Gasteiger partial charge in [-0.3, -0.25) is 0 Å². The third kappa shape index (κ3) is 4.54. The molecule has 0 saturated heterocycles. The first-order valence-corrected chi connectivity index (χ1v) is 9.60. The van der Waals surface area contributed by atoms with E-state index in [1.807, 2.05) is 0 Å². The van der Waals surface area contributed by atoms with E-state index in [-0.39, 0.29) is 11.1 Å². The Balaban J connectivity index is 2.24. The first kappa shape index (κ1) is 22.7. The van der Waals surface area contributed by atoms with E-state index in [1.165, 1.54) is 62.8 Å². The van der Waals surface area contributed by atoms with E-state index in [1.54, 1.807) is 36.0 Å². The zero-order valence-corrected chi connectivity index (χ0v) is 18.1. The molecule has 3 aromatic carbocycles. The fourth-order valence-electron chi connectivity index (χ4n) is 3.33. The van der Waals surface area contributed by atoms with Gasteiger partial charge in [-0.1, -0.05) is 12.1 Å². The lowest BCUT2D eigenvalue weighted by atomic mass is 10.0. The summed E-state index contributed by atoms with van der Waals surface area (Å²) in [6.07, 6.45) is 0. The van der Waals surface area contributed by atoms with E-state index in [2.05, 4.69) is 0 Å². The van der Waals surface area contributed by atoms with Crippen molar-refractivity contribution in [1.29, 1.82) is 0 Å². The highest BCUT2D eigenvalue weighted by atomic mass is 19.1. The van der Waals surface area contributed by atoms with E-state index < -0.39 is 23.6 Å². The Bertz CT molecular complexity index is 1080. The molecule has 0 bridgehead atoms. The largest absolute Gasteiger partial charge is 0.465 e. The maximum atomic E-state index is 13.8. The van der Waals surface area contributed by atoms with Crippen LogP contribution in [0.2, 0.25) is 0 Å². The lowest BCUT2D eigenvalue weighted by Crippen LogP contribution is -2.20. The molecule has 6 nitrogen and oxygen atoms in total. The van der Waals surface area contributed by atoms with E-state index in [4.69, 9.17) is 9.47 Å². The van der Waals surface area contributed by atoms with Gasteiger partial charge in [0.2, 0.25) is 0 Å². The number of ether oxygens (including phenoxy) is 2. The Hall–Kier alpha value is -3.94. The summed E-state index contributed by atoms with van der Waals surface area (Å²) in [6.45, 7) is 0. The van der Waals surface area contributed by atoms with Crippen LogP contribution in [0.15, 0.2) is 60.7 Å². The standard InChI is InChI=1S/C24H22F2N2O4/c1-27(17-9-5-7-15(25)11-17)21-13-20(24(30)32-4)22(14-19(21)23(29)31-3)28(2)18-10-6-8-16(26)12-18/h5-14H,1-4H3. The molecule has 0 saturated carbocycles. The fourth-order valence-corrected chi connectivity index (χ4v) is 3.33. The van der Waals surface area contributed by atoms with Crippen LogP contribution in [0.4, 0.5) is 31.5 Å². The molecule has 0 fully saturated rings. The van der Waals surface area contributed by atoms with Crippen LogP contribution in [-0.4, -0.2) is 40.3 Å². The lowest BCUT2D eigenvalue weighted by molar-refractivity contribution is 0.0588. The van der Waals surface area contributed by atoms with Gasteiger partial charge in [0, 0.05) is 25.5 Å². The molecule has 0 aliphatic heterocycles. The van der Waals surface area contributed by atoms with Crippen LogP contribution in [0.5, 0.6) is 0 Å². The van der Waals surface area contributed by atoms with Gasteiger partial charge in [-0.2, -0.15) is 0 Å². The number of halogens is 2. The monoisotopic (exact) mass is 440 g/mol. The van der Waals surface area contributed by atoms with Gasteiger partial charge < -0.3 is 19.3 Å². The smallest absolute Gasteiger partial charge is 0.340 e. The SMILES string of the molecule is COC(=O)c1cc(N(C)c2cccc(F)c2)c(C(=O)OC)cc1N(C)c1cccc(F)c1. The van der Waals surface area contributed by atoms with E-state index >= 15 is 0 Å². The van der Waals surface area contributed by atoms with Crippen molar-refractivity contribution in [3.05, 3.63) is 83.4 Å². The first-order chi connectivity index (χ1) is 15.3. The molecule has 0 radical (unpaired) electrons. The number of methoxy groups -OCH3 is 2. The van der Waals surface area contributed by atoms with Gasteiger partial charge in [-0.25, -0.2) is 18.4 Å². The van der Waals surface area contributed by atoms with Gasteiger partial charge in [0.1, 0.15) is 11.6 Å². The van der Waals surface area contributed by atoms with Crippen LogP contribution < -0.4 is 9.80 Å². The molecule has 0 atom stereocenters. The van der Waals surface area contributed by atoms with Crippen LogP contribution in [0.25, 0.3) is 0 Å². The number of carbonyl (C=O) groups excluding carboxylic acids is 2. The Labute approximate surface area is 184 Å². The number of rotatable bonds is 6. The summed E-state index contributed by atoms with van der Waals surface area (Å²) in [5.41, 5.74) is 1.78. The highest BCUT2D eigenvalue weighted by Gasteiger charge is 2.25. The molecule has 3 aromatic rings. The predicted octanol–water partition coefficient (Wildman–Crippen LogP) is 5.07. The molecule has 0 spiro atoms. The molecule has 166 valence electrons. The molecule has 8 heteroatoms. The second-order valence-corrected chi connectivity index (χ2v) is 6.95. The van der Waals surface area contributed by atoms with Crippen LogP contribution in [0, 0.1) is 11.6 Å². The number of benzene rings is 3. The number of hydrogen-bond donors (Lipinski definition) is 0. The third-order valence-electron chi connectivity index (χ3n) is 5.04. The van der Waals surface area contributed by atoms with Crippen molar-refractivity contribution in [3.63, 3.8) is 0 Å². The van der Waals surface area contributed by atoms with Gasteiger partial charge in [0.15, 0.2) is 0 Å². The summed E-state index contributed by atoms with van der Waals surface area (Å²) in [5.74, 6) is -2.23. The average Bonchev–Trinajstić information content (AvgIpc) is 2.81. The van der Waals surface area contributed by atoms with E-state index in [0.717, 1.165) is 0 Å². The molecular weight excluding hydrogens is 418 g/mol. The Kier molecular flexibility index (Phi) is 6.73. The molecule has 0 unspecified atom stereocenters. The summed E-state index contributed by atoms with van der Waals surface area (Å²) in [6, 6.07) is 14.5. The van der Waals surface area contributed by atoms with Gasteiger partial charge in [-0.05, 0) is 48.5 Å². The van der Waals surface area contributed by atoms with E-state index in [0.29, 0.717) is 22.7 Å². The number of hydrogen-bond acceptors (Lipinski definition) is 6. The number of esters is 2. The molecule has 0 N–H and O–H groups in total. The summed E-state index contributed by atoms with van der Waals surface area (Å²) >= 11 is 0. The molecule has 0 aliphatic carbocycles. The van der Waals surface area contributed by atoms with Gasteiger partial charge in [-0.15, -0.1) is 0 Å². The van der Waals surface area contributed by atoms with E-state index in [9.17, 15) is 18.4 Å². The van der Waals surface area contributed by atoms with Crippen LogP contribution in [-0.2, 0) is 9.47 Å². The van der Waals surface area contributed by atoms with Crippen LogP contribution >= 0.6 is 0 Å². The Morgan fingerprint density at radius 1 is 0.688 bits per heavy atom. The van der Waals surface area contributed by atoms with Crippen molar-refractivity contribution in [2.75, 3.05) is 38.1 Å². The van der Waals surface area contributed by atoms with Crippen molar-refractivity contribution in [1.82, 2.24) is 0 Å². The topological polar surface area (TPSA) is 59.1 Å². The van der Waals surface area contributed by atoms with Crippen molar-refractivity contribution in [3.8, 4) is 0 Å². The Morgan fingerprint density at radius 2 is 1.06 bits per heavy atom. The predicted molar refractivity (Wildman–Crippen MR) is 118 cm³/mol. The third-order valence-corrected chi connectivity index (χ3v) is 5.04. The first-order valence-electron chi connectivity index (χ1n) is 9.60. The maximum absolute atomic E-state index is 13.8. The van der Waals surface area contributed by atoms with Crippen molar-refractivity contribution >= 4 is 34.7 Å². The number of nitrogens with zero attached hydrogens (tertiary/aromatic N) is 2.